The Morgan fingerprint density at radius 2 is 2.11 bits per heavy atom. The number of Topliss-reactive ketones (excluding diaryl/α,β-unsaturated/α-hetero) is 1. The molecule has 0 atom stereocenters. The van der Waals surface area contributed by atoms with Crippen molar-refractivity contribution in [2.75, 3.05) is 32.1 Å². The van der Waals surface area contributed by atoms with Crippen molar-refractivity contribution in [1.29, 1.82) is 0 Å². The fourth-order valence-corrected chi connectivity index (χ4v) is 2.20. The molecule has 0 saturated heterocycles. The summed E-state index contributed by atoms with van der Waals surface area (Å²) < 4.78 is 5.19. The standard InChI is InChI=1S/C12H13ClN2O3/c1-14-5-6-15-10-8(18-2)4-3-7(13)9(10)11(16)12(15)17/h3-4,14H,5-6H2,1-2H3. The van der Waals surface area contributed by atoms with Crippen molar-refractivity contribution < 1.29 is 14.3 Å². The molecule has 18 heavy (non-hydrogen) atoms. The quantitative estimate of drug-likeness (QED) is 0.831. The lowest BCUT2D eigenvalue weighted by Crippen LogP contribution is -2.35. The first kappa shape index (κ1) is 12.9. The number of anilines is 1. The molecule has 0 spiro atoms. The van der Waals surface area contributed by atoms with Crippen LogP contribution in [-0.2, 0) is 4.79 Å². The van der Waals surface area contributed by atoms with Crippen LogP contribution in [0.25, 0.3) is 0 Å². The molecule has 5 nitrogen and oxygen atoms in total. The van der Waals surface area contributed by atoms with Crippen molar-refractivity contribution in [3.8, 4) is 5.75 Å². The highest BCUT2D eigenvalue weighted by Crippen LogP contribution is 2.41. The number of fused-ring (bicyclic) bond motifs is 1. The van der Waals surface area contributed by atoms with Crippen LogP contribution in [0.5, 0.6) is 5.75 Å². The zero-order chi connectivity index (χ0) is 13.3. The summed E-state index contributed by atoms with van der Waals surface area (Å²) >= 11 is 5.99. The van der Waals surface area contributed by atoms with Crippen LogP contribution < -0.4 is 15.0 Å². The highest BCUT2D eigenvalue weighted by molar-refractivity contribution is 6.55. The molecule has 0 aromatic heterocycles. The summed E-state index contributed by atoms with van der Waals surface area (Å²) in [6.45, 7) is 0.971. The molecule has 1 aliphatic rings. The molecule has 1 aromatic rings. The predicted octanol–water partition coefficient (Wildman–Crippen LogP) is 1.10. The molecule has 1 aliphatic heterocycles. The number of ketones is 1. The molecular formula is C12H13ClN2O3. The van der Waals surface area contributed by atoms with Gasteiger partial charge >= 0.3 is 0 Å². The number of amides is 1. The van der Waals surface area contributed by atoms with E-state index in [4.69, 9.17) is 16.3 Å². The molecule has 1 aromatic carbocycles. The zero-order valence-corrected chi connectivity index (χ0v) is 10.9. The molecule has 0 bridgehead atoms. The third kappa shape index (κ3) is 1.85. The van der Waals surface area contributed by atoms with E-state index in [2.05, 4.69) is 5.32 Å². The van der Waals surface area contributed by atoms with Crippen LogP contribution in [0.15, 0.2) is 12.1 Å². The molecule has 0 unspecified atom stereocenters. The van der Waals surface area contributed by atoms with E-state index in [0.717, 1.165) is 0 Å². The Balaban J connectivity index is 2.54. The molecule has 0 fully saturated rings. The summed E-state index contributed by atoms with van der Waals surface area (Å²) in [5.74, 6) is -0.665. The number of ether oxygens (including phenoxy) is 1. The molecule has 1 N–H and O–H groups in total. The number of rotatable bonds is 4. The van der Waals surface area contributed by atoms with Gasteiger partial charge in [-0.15, -0.1) is 0 Å². The van der Waals surface area contributed by atoms with Gasteiger partial charge in [0.1, 0.15) is 5.75 Å². The summed E-state index contributed by atoms with van der Waals surface area (Å²) in [4.78, 5) is 25.2. The summed E-state index contributed by atoms with van der Waals surface area (Å²) in [7, 11) is 3.27. The molecular weight excluding hydrogens is 256 g/mol. The number of hydrogen-bond acceptors (Lipinski definition) is 4. The van der Waals surface area contributed by atoms with Gasteiger partial charge in [-0.2, -0.15) is 0 Å². The maximum atomic E-state index is 11.9. The van der Waals surface area contributed by atoms with Crippen LogP contribution >= 0.6 is 11.6 Å². The highest BCUT2D eigenvalue weighted by atomic mass is 35.5. The minimum Gasteiger partial charge on any atom is -0.495 e. The molecule has 2 rings (SSSR count). The lowest BCUT2D eigenvalue weighted by molar-refractivity contribution is -0.114. The van der Waals surface area contributed by atoms with Crippen LogP contribution in [0.3, 0.4) is 0 Å². The number of nitrogens with one attached hydrogen (secondary N) is 1. The minimum atomic E-state index is -0.579. The van der Waals surface area contributed by atoms with Gasteiger partial charge in [0.05, 0.1) is 23.4 Å². The van der Waals surface area contributed by atoms with Crippen LogP contribution in [-0.4, -0.2) is 38.9 Å². The van der Waals surface area contributed by atoms with Crippen molar-refractivity contribution in [3.05, 3.63) is 22.7 Å². The third-order valence-corrected chi connectivity index (χ3v) is 3.15. The second kappa shape index (κ2) is 4.96. The van der Waals surface area contributed by atoms with Gasteiger partial charge in [0.25, 0.3) is 11.7 Å². The number of benzene rings is 1. The lowest BCUT2D eigenvalue weighted by Gasteiger charge is -2.18. The second-order valence-corrected chi connectivity index (χ2v) is 4.27. The third-order valence-electron chi connectivity index (χ3n) is 2.83. The molecule has 96 valence electrons. The molecule has 0 radical (unpaired) electrons. The number of carbonyl (C=O) groups excluding carboxylic acids is 2. The maximum Gasteiger partial charge on any atom is 0.299 e. The number of hydrogen-bond donors (Lipinski definition) is 1. The van der Waals surface area contributed by atoms with Gasteiger partial charge < -0.3 is 15.0 Å². The van der Waals surface area contributed by atoms with Gasteiger partial charge in [0.15, 0.2) is 0 Å². The Morgan fingerprint density at radius 1 is 1.39 bits per heavy atom. The van der Waals surface area contributed by atoms with E-state index in [1.165, 1.54) is 12.0 Å². The first-order chi connectivity index (χ1) is 8.61. The number of methoxy groups -OCH3 is 1. The van der Waals surface area contributed by atoms with Gasteiger partial charge in [-0.25, -0.2) is 0 Å². The lowest BCUT2D eigenvalue weighted by atomic mass is 10.1. The van der Waals surface area contributed by atoms with Gasteiger partial charge in [0.2, 0.25) is 0 Å². The average Bonchev–Trinajstić information content (AvgIpc) is 2.62. The molecule has 1 heterocycles. The van der Waals surface area contributed by atoms with Crippen molar-refractivity contribution in [2.45, 2.75) is 0 Å². The van der Waals surface area contributed by atoms with Crippen molar-refractivity contribution >= 4 is 29.0 Å². The van der Waals surface area contributed by atoms with Crippen LogP contribution in [0.4, 0.5) is 5.69 Å². The van der Waals surface area contributed by atoms with E-state index in [1.54, 1.807) is 19.2 Å². The van der Waals surface area contributed by atoms with Crippen molar-refractivity contribution in [3.63, 3.8) is 0 Å². The number of halogens is 1. The fourth-order valence-electron chi connectivity index (χ4n) is 1.96. The summed E-state index contributed by atoms with van der Waals surface area (Å²) in [6.07, 6.45) is 0. The van der Waals surface area contributed by atoms with E-state index >= 15 is 0 Å². The summed E-state index contributed by atoms with van der Waals surface area (Å²) in [5, 5.41) is 3.21. The first-order valence-corrected chi connectivity index (χ1v) is 5.87. The van der Waals surface area contributed by atoms with Crippen LogP contribution in [0, 0.1) is 0 Å². The molecule has 6 heteroatoms. The van der Waals surface area contributed by atoms with E-state index in [9.17, 15) is 9.59 Å². The fraction of sp³-hybridized carbons (Fsp3) is 0.333. The van der Waals surface area contributed by atoms with Gasteiger partial charge in [-0.05, 0) is 19.2 Å². The smallest absolute Gasteiger partial charge is 0.299 e. The molecule has 0 saturated carbocycles. The highest BCUT2D eigenvalue weighted by Gasteiger charge is 2.39. The van der Waals surface area contributed by atoms with E-state index in [-0.39, 0.29) is 10.6 Å². The number of carbonyl (C=O) groups is 2. The Labute approximate surface area is 110 Å². The minimum absolute atomic E-state index is 0.233. The summed E-state index contributed by atoms with van der Waals surface area (Å²) in [6, 6.07) is 3.21. The van der Waals surface area contributed by atoms with E-state index < -0.39 is 11.7 Å². The Kier molecular flexibility index (Phi) is 3.54. The van der Waals surface area contributed by atoms with Gasteiger partial charge in [-0.1, -0.05) is 11.6 Å². The Bertz CT molecular complexity index is 516. The monoisotopic (exact) mass is 268 g/mol. The molecule has 1 amide bonds. The normalized spacial score (nSPS) is 14.1. The molecule has 0 aliphatic carbocycles. The Hall–Kier alpha value is -1.59. The maximum absolute atomic E-state index is 11.9. The predicted molar refractivity (Wildman–Crippen MR) is 68.6 cm³/mol. The first-order valence-electron chi connectivity index (χ1n) is 5.49. The SMILES string of the molecule is CNCCN1C(=O)C(=O)c2c(Cl)ccc(OC)c21. The van der Waals surface area contributed by atoms with Crippen molar-refractivity contribution in [1.82, 2.24) is 5.32 Å². The van der Waals surface area contributed by atoms with E-state index in [0.29, 0.717) is 24.5 Å². The van der Waals surface area contributed by atoms with Crippen LogP contribution in [0.2, 0.25) is 5.02 Å². The Morgan fingerprint density at radius 3 is 2.72 bits per heavy atom. The second-order valence-electron chi connectivity index (χ2n) is 3.86. The van der Waals surface area contributed by atoms with Gasteiger partial charge in [0, 0.05) is 13.1 Å². The van der Waals surface area contributed by atoms with E-state index in [1.807, 2.05) is 0 Å². The zero-order valence-electron chi connectivity index (χ0n) is 10.1. The largest absolute Gasteiger partial charge is 0.495 e. The van der Waals surface area contributed by atoms with Crippen LogP contribution in [0.1, 0.15) is 10.4 Å². The topological polar surface area (TPSA) is 58.6 Å². The van der Waals surface area contributed by atoms with Gasteiger partial charge in [-0.3, -0.25) is 9.59 Å². The van der Waals surface area contributed by atoms with Crippen molar-refractivity contribution in [2.24, 2.45) is 0 Å². The number of nitrogens with zero attached hydrogens (tertiary/aromatic N) is 1. The number of likely N-dealkylation sites (N-methyl/N-ethyl adjacent to an activating group) is 1. The summed E-state index contributed by atoms with van der Waals surface area (Å²) in [5.41, 5.74) is 0.701. The average molecular weight is 269 g/mol.